The molecule has 0 amide bonds. The van der Waals surface area contributed by atoms with E-state index in [0.717, 1.165) is 31.6 Å². The number of hydrogen-bond acceptors (Lipinski definition) is 3. The van der Waals surface area contributed by atoms with Crippen molar-refractivity contribution in [1.29, 1.82) is 0 Å². The molecule has 2 aromatic rings. The Balaban J connectivity index is 1.74. The first-order valence-electron chi connectivity index (χ1n) is 6.36. The summed E-state index contributed by atoms with van der Waals surface area (Å²) in [6.45, 7) is 2.08. The maximum absolute atomic E-state index is 6.08. The van der Waals surface area contributed by atoms with Crippen molar-refractivity contribution < 1.29 is 0 Å². The fourth-order valence-corrected chi connectivity index (χ4v) is 2.60. The van der Waals surface area contributed by atoms with E-state index >= 15 is 0 Å². The maximum Gasteiger partial charge on any atom is 0.0633 e. The van der Waals surface area contributed by atoms with Crippen LogP contribution < -0.4 is 10.6 Å². The molecule has 18 heavy (non-hydrogen) atoms. The van der Waals surface area contributed by atoms with Gasteiger partial charge in [0.05, 0.1) is 11.4 Å². The molecule has 3 rings (SSSR count). The maximum atomic E-state index is 6.08. The van der Waals surface area contributed by atoms with Gasteiger partial charge in [0.2, 0.25) is 0 Å². The lowest BCUT2D eigenvalue weighted by Gasteiger charge is -2.20. The number of benzene rings is 1. The molecule has 1 aromatic heterocycles. The summed E-state index contributed by atoms with van der Waals surface area (Å²) < 4.78 is 0. The van der Waals surface area contributed by atoms with Gasteiger partial charge in [0.1, 0.15) is 0 Å². The second-order valence-electron chi connectivity index (χ2n) is 4.70. The third kappa shape index (κ3) is 2.04. The largest absolute Gasteiger partial charge is 0.397 e. The van der Waals surface area contributed by atoms with Crippen molar-refractivity contribution in [2.75, 3.05) is 23.7 Å². The average Bonchev–Trinajstić information content (AvgIpc) is 2.82. The standard InChI is InChI=1S/C15H17N3/c16-14-5-1-4-13-7-10-18(15(13)14)9-6-12-3-2-8-17-11-12/h1-5,8,11H,6-7,9-10,16H2. The van der Waals surface area contributed by atoms with E-state index in [2.05, 4.69) is 22.0 Å². The van der Waals surface area contributed by atoms with Gasteiger partial charge < -0.3 is 10.6 Å². The molecule has 2 heterocycles. The van der Waals surface area contributed by atoms with Crippen LogP contribution in [0.15, 0.2) is 42.7 Å². The molecule has 0 fully saturated rings. The fraction of sp³-hybridized carbons (Fsp3) is 0.267. The smallest absolute Gasteiger partial charge is 0.0633 e. The molecule has 0 aliphatic carbocycles. The first-order chi connectivity index (χ1) is 8.84. The van der Waals surface area contributed by atoms with Crippen molar-refractivity contribution in [1.82, 2.24) is 4.98 Å². The first-order valence-corrected chi connectivity index (χ1v) is 6.36. The van der Waals surface area contributed by atoms with Gasteiger partial charge in [-0.25, -0.2) is 0 Å². The zero-order valence-electron chi connectivity index (χ0n) is 10.3. The molecule has 3 nitrogen and oxygen atoms in total. The van der Waals surface area contributed by atoms with E-state index in [0.29, 0.717) is 0 Å². The number of nitrogen functional groups attached to an aromatic ring is 1. The van der Waals surface area contributed by atoms with Crippen molar-refractivity contribution in [3.8, 4) is 0 Å². The molecule has 2 N–H and O–H groups in total. The number of hydrogen-bond donors (Lipinski definition) is 1. The molecule has 0 saturated carbocycles. The Labute approximate surface area is 107 Å². The van der Waals surface area contributed by atoms with Gasteiger partial charge in [-0.1, -0.05) is 18.2 Å². The summed E-state index contributed by atoms with van der Waals surface area (Å²) in [5.74, 6) is 0. The molecule has 0 unspecified atom stereocenters. The molecule has 92 valence electrons. The lowest BCUT2D eigenvalue weighted by Crippen LogP contribution is -2.24. The second kappa shape index (κ2) is 4.69. The highest BCUT2D eigenvalue weighted by Gasteiger charge is 2.20. The number of rotatable bonds is 3. The second-order valence-corrected chi connectivity index (χ2v) is 4.70. The summed E-state index contributed by atoms with van der Waals surface area (Å²) in [5, 5.41) is 0. The van der Waals surface area contributed by atoms with Gasteiger partial charge in [-0.15, -0.1) is 0 Å². The van der Waals surface area contributed by atoms with Crippen LogP contribution in [-0.4, -0.2) is 18.1 Å². The summed E-state index contributed by atoms with van der Waals surface area (Å²) in [6.07, 6.45) is 5.87. The van der Waals surface area contributed by atoms with E-state index in [-0.39, 0.29) is 0 Å². The normalized spacial score (nSPS) is 13.7. The lowest BCUT2D eigenvalue weighted by molar-refractivity contribution is 0.812. The van der Waals surface area contributed by atoms with E-state index in [1.165, 1.54) is 16.8 Å². The fourth-order valence-electron chi connectivity index (χ4n) is 2.60. The van der Waals surface area contributed by atoms with Crippen LogP contribution >= 0.6 is 0 Å². The van der Waals surface area contributed by atoms with Gasteiger partial charge in [-0.3, -0.25) is 4.98 Å². The number of nitrogens with two attached hydrogens (primary N) is 1. The van der Waals surface area contributed by atoms with E-state index in [9.17, 15) is 0 Å². The van der Waals surface area contributed by atoms with Gasteiger partial charge >= 0.3 is 0 Å². The van der Waals surface area contributed by atoms with Crippen LogP contribution in [0.3, 0.4) is 0 Å². The number of fused-ring (bicyclic) bond motifs is 1. The van der Waals surface area contributed by atoms with Crippen molar-refractivity contribution in [3.05, 3.63) is 53.9 Å². The molecular weight excluding hydrogens is 222 g/mol. The Morgan fingerprint density at radius 2 is 2.17 bits per heavy atom. The lowest BCUT2D eigenvalue weighted by atomic mass is 10.1. The third-order valence-corrected chi connectivity index (χ3v) is 3.51. The first kappa shape index (κ1) is 11.1. The monoisotopic (exact) mass is 239 g/mol. The van der Waals surface area contributed by atoms with Gasteiger partial charge in [0.15, 0.2) is 0 Å². The molecule has 1 aliphatic rings. The van der Waals surface area contributed by atoms with Gasteiger partial charge in [0.25, 0.3) is 0 Å². The third-order valence-electron chi connectivity index (χ3n) is 3.51. The van der Waals surface area contributed by atoms with Gasteiger partial charge in [-0.05, 0) is 36.1 Å². The Bertz CT molecular complexity index is 537. The van der Waals surface area contributed by atoms with Crippen molar-refractivity contribution in [2.24, 2.45) is 0 Å². The molecule has 1 aromatic carbocycles. The van der Waals surface area contributed by atoms with Crippen LogP contribution in [0, 0.1) is 0 Å². The van der Waals surface area contributed by atoms with Gasteiger partial charge in [-0.2, -0.15) is 0 Å². The summed E-state index contributed by atoms with van der Waals surface area (Å²) in [4.78, 5) is 6.54. The number of nitrogens with zero attached hydrogens (tertiary/aromatic N) is 2. The number of para-hydroxylation sites is 1. The zero-order chi connectivity index (χ0) is 12.4. The van der Waals surface area contributed by atoms with E-state index < -0.39 is 0 Å². The van der Waals surface area contributed by atoms with Crippen LogP contribution in [0.1, 0.15) is 11.1 Å². The van der Waals surface area contributed by atoms with Crippen molar-refractivity contribution >= 4 is 11.4 Å². The highest BCUT2D eigenvalue weighted by Crippen LogP contribution is 2.33. The Hall–Kier alpha value is -2.03. The van der Waals surface area contributed by atoms with Gasteiger partial charge in [0, 0.05) is 25.5 Å². The molecular formula is C15H17N3. The van der Waals surface area contributed by atoms with Crippen LogP contribution in [0.2, 0.25) is 0 Å². The van der Waals surface area contributed by atoms with Crippen LogP contribution in [0.5, 0.6) is 0 Å². The Morgan fingerprint density at radius 1 is 1.22 bits per heavy atom. The van der Waals surface area contributed by atoms with E-state index in [1.54, 1.807) is 0 Å². The van der Waals surface area contributed by atoms with E-state index in [1.807, 2.05) is 30.6 Å². The number of aromatic nitrogens is 1. The highest BCUT2D eigenvalue weighted by atomic mass is 15.2. The quantitative estimate of drug-likeness (QED) is 0.835. The van der Waals surface area contributed by atoms with Crippen LogP contribution in [0.4, 0.5) is 11.4 Å². The predicted molar refractivity (Wildman–Crippen MR) is 74.7 cm³/mol. The van der Waals surface area contributed by atoms with Crippen molar-refractivity contribution in [3.63, 3.8) is 0 Å². The molecule has 1 aliphatic heterocycles. The highest BCUT2D eigenvalue weighted by molar-refractivity contribution is 5.74. The summed E-state index contributed by atoms with van der Waals surface area (Å²) >= 11 is 0. The minimum absolute atomic E-state index is 0.899. The Morgan fingerprint density at radius 3 is 3.00 bits per heavy atom. The number of anilines is 2. The molecule has 0 spiro atoms. The summed E-state index contributed by atoms with van der Waals surface area (Å²) in [5.41, 5.74) is 10.9. The molecule has 0 saturated heterocycles. The van der Waals surface area contributed by atoms with Crippen molar-refractivity contribution in [2.45, 2.75) is 12.8 Å². The summed E-state index contributed by atoms with van der Waals surface area (Å²) in [7, 11) is 0. The summed E-state index contributed by atoms with van der Waals surface area (Å²) in [6, 6.07) is 10.3. The minimum Gasteiger partial charge on any atom is -0.397 e. The predicted octanol–water partition coefficient (Wildman–Crippen LogP) is 2.27. The van der Waals surface area contributed by atoms with Crippen LogP contribution in [0.25, 0.3) is 0 Å². The molecule has 0 atom stereocenters. The molecule has 3 heteroatoms. The molecule has 0 radical (unpaired) electrons. The SMILES string of the molecule is Nc1cccc2c1N(CCc1cccnc1)CC2. The van der Waals surface area contributed by atoms with E-state index in [4.69, 9.17) is 5.73 Å². The molecule has 0 bridgehead atoms. The van der Waals surface area contributed by atoms with Crippen LogP contribution in [-0.2, 0) is 12.8 Å². The Kier molecular flexibility index (Phi) is 2.89. The topological polar surface area (TPSA) is 42.1 Å². The zero-order valence-corrected chi connectivity index (χ0v) is 10.3. The minimum atomic E-state index is 0.899. The number of pyridine rings is 1. The average molecular weight is 239 g/mol.